The number of fused-ring (bicyclic) bond motifs is 2. The van der Waals surface area contributed by atoms with Gasteiger partial charge in [-0.05, 0) is 72.2 Å². The Hall–Kier alpha value is -2.27. The molecule has 3 nitrogen and oxygen atoms in total. The molecular weight excluding hydrogens is 348 g/mol. The summed E-state index contributed by atoms with van der Waals surface area (Å²) in [5.41, 5.74) is 3.97. The SMILES string of the molecule is CC(=O)NC1CCOC(C2c3ccc(F)cc3CCc3cc(F)ccc32)C1. The summed E-state index contributed by atoms with van der Waals surface area (Å²) >= 11 is 0. The first-order valence-corrected chi connectivity index (χ1v) is 9.46. The van der Waals surface area contributed by atoms with Crippen molar-refractivity contribution in [2.45, 2.75) is 50.7 Å². The number of hydrogen-bond acceptors (Lipinski definition) is 2. The second-order valence-corrected chi connectivity index (χ2v) is 7.50. The van der Waals surface area contributed by atoms with Crippen molar-refractivity contribution in [3.63, 3.8) is 0 Å². The minimum atomic E-state index is -0.259. The van der Waals surface area contributed by atoms with E-state index in [2.05, 4.69) is 5.32 Å². The number of hydrogen-bond donors (Lipinski definition) is 1. The van der Waals surface area contributed by atoms with E-state index in [4.69, 9.17) is 4.74 Å². The van der Waals surface area contributed by atoms with Gasteiger partial charge in [-0.1, -0.05) is 12.1 Å². The molecule has 5 heteroatoms. The van der Waals surface area contributed by atoms with E-state index in [0.29, 0.717) is 25.9 Å². The van der Waals surface area contributed by atoms with Gasteiger partial charge in [0, 0.05) is 25.5 Å². The molecule has 1 fully saturated rings. The molecule has 0 saturated carbocycles. The Kier molecular flexibility index (Phi) is 4.96. The number of carbonyl (C=O) groups excluding carboxylic acids is 1. The molecule has 1 saturated heterocycles. The van der Waals surface area contributed by atoms with E-state index in [-0.39, 0.29) is 35.6 Å². The van der Waals surface area contributed by atoms with Crippen molar-refractivity contribution in [1.82, 2.24) is 5.32 Å². The molecule has 142 valence electrons. The molecule has 1 N–H and O–H groups in total. The predicted molar refractivity (Wildman–Crippen MR) is 98.6 cm³/mol. The van der Waals surface area contributed by atoms with E-state index in [1.807, 2.05) is 12.1 Å². The Labute approximate surface area is 157 Å². The molecule has 2 unspecified atom stereocenters. The van der Waals surface area contributed by atoms with Crippen LogP contribution in [0.4, 0.5) is 8.78 Å². The second-order valence-electron chi connectivity index (χ2n) is 7.50. The highest BCUT2D eigenvalue weighted by Gasteiger charge is 2.35. The van der Waals surface area contributed by atoms with E-state index < -0.39 is 0 Å². The average molecular weight is 371 g/mol. The van der Waals surface area contributed by atoms with Gasteiger partial charge in [-0.2, -0.15) is 0 Å². The van der Waals surface area contributed by atoms with Crippen molar-refractivity contribution >= 4 is 5.91 Å². The molecule has 2 aromatic carbocycles. The van der Waals surface area contributed by atoms with E-state index in [1.54, 1.807) is 12.1 Å². The highest BCUT2D eigenvalue weighted by atomic mass is 19.1. The maximum absolute atomic E-state index is 13.9. The van der Waals surface area contributed by atoms with E-state index >= 15 is 0 Å². The van der Waals surface area contributed by atoms with Gasteiger partial charge in [-0.25, -0.2) is 8.78 Å². The molecular formula is C22H23F2NO2. The fraction of sp³-hybridized carbons (Fsp3) is 0.409. The average Bonchev–Trinajstić information content (AvgIpc) is 2.77. The van der Waals surface area contributed by atoms with Crippen LogP contribution in [0.5, 0.6) is 0 Å². The van der Waals surface area contributed by atoms with Gasteiger partial charge in [0.25, 0.3) is 0 Å². The zero-order valence-electron chi connectivity index (χ0n) is 15.3. The third-order valence-corrected chi connectivity index (χ3v) is 5.64. The summed E-state index contributed by atoms with van der Waals surface area (Å²) in [5, 5.41) is 2.99. The van der Waals surface area contributed by atoms with Gasteiger partial charge in [-0.15, -0.1) is 0 Å². The molecule has 1 aliphatic carbocycles. The van der Waals surface area contributed by atoms with Crippen molar-refractivity contribution in [2.75, 3.05) is 6.61 Å². The van der Waals surface area contributed by atoms with Gasteiger partial charge >= 0.3 is 0 Å². The highest BCUT2D eigenvalue weighted by molar-refractivity contribution is 5.73. The summed E-state index contributed by atoms with van der Waals surface area (Å²) in [6.45, 7) is 2.07. The fourth-order valence-corrected chi connectivity index (χ4v) is 4.50. The van der Waals surface area contributed by atoms with Crippen LogP contribution < -0.4 is 5.32 Å². The summed E-state index contributed by atoms with van der Waals surface area (Å²) in [6.07, 6.45) is 2.64. The summed E-state index contributed by atoms with van der Waals surface area (Å²) < 4.78 is 33.8. The van der Waals surface area contributed by atoms with E-state index in [0.717, 1.165) is 28.7 Å². The van der Waals surface area contributed by atoms with Crippen LogP contribution in [-0.2, 0) is 22.4 Å². The van der Waals surface area contributed by atoms with Gasteiger partial charge in [0.05, 0.1) is 6.10 Å². The number of ether oxygens (including phenoxy) is 1. The number of aryl methyl sites for hydroxylation is 2. The third kappa shape index (κ3) is 3.74. The first-order chi connectivity index (χ1) is 13.0. The van der Waals surface area contributed by atoms with Crippen LogP contribution in [0, 0.1) is 11.6 Å². The zero-order valence-corrected chi connectivity index (χ0v) is 15.3. The number of amides is 1. The molecule has 2 aliphatic rings. The highest BCUT2D eigenvalue weighted by Crippen LogP contribution is 2.40. The van der Waals surface area contributed by atoms with Gasteiger partial charge in [0.1, 0.15) is 11.6 Å². The standard InChI is InChI=1S/C22H23F2NO2/c1-13(26)25-18-8-9-27-21(12-18)22-19-6-4-16(23)10-14(19)2-3-15-11-17(24)5-7-20(15)22/h4-7,10-11,18,21-22H,2-3,8-9,12H2,1H3,(H,25,26). The normalized spacial score (nSPS) is 22.5. The van der Waals surface area contributed by atoms with Crippen molar-refractivity contribution < 1.29 is 18.3 Å². The molecule has 27 heavy (non-hydrogen) atoms. The molecule has 1 heterocycles. The number of benzene rings is 2. The molecule has 0 spiro atoms. The second kappa shape index (κ2) is 7.39. The van der Waals surface area contributed by atoms with Gasteiger partial charge in [0.15, 0.2) is 0 Å². The molecule has 2 atom stereocenters. The van der Waals surface area contributed by atoms with Crippen molar-refractivity contribution in [3.05, 3.63) is 70.3 Å². The summed E-state index contributed by atoms with van der Waals surface area (Å²) in [5.74, 6) is -0.669. The largest absolute Gasteiger partial charge is 0.377 e. The van der Waals surface area contributed by atoms with Crippen LogP contribution in [0.2, 0.25) is 0 Å². The molecule has 0 bridgehead atoms. The predicted octanol–water partition coefficient (Wildman–Crippen LogP) is 3.88. The van der Waals surface area contributed by atoms with Gasteiger partial charge < -0.3 is 10.1 Å². The Bertz CT molecular complexity index is 814. The van der Waals surface area contributed by atoms with Gasteiger partial charge in [-0.3, -0.25) is 4.79 Å². The number of nitrogens with one attached hydrogen (secondary N) is 1. The summed E-state index contributed by atoms with van der Waals surface area (Å²) in [6, 6.07) is 9.84. The lowest BCUT2D eigenvalue weighted by molar-refractivity contribution is -0.120. The van der Waals surface area contributed by atoms with Crippen molar-refractivity contribution in [1.29, 1.82) is 0 Å². The van der Waals surface area contributed by atoms with Crippen LogP contribution in [0.1, 0.15) is 47.9 Å². The monoisotopic (exact) mass is 371 g/mol. The molecule has 0 aromatic heterocycles. The maximum atomic E-state index is 13.9. The van der Waals surface area contributed by atoms with Crippen LogP contribution in [0.15, 0.2) is 36.4 Å². The molecule has 1 aliphatic heterocycles. The fourth-order valence-electron chi connectivity index (χ4n) is 4.50. The molecule has 2 aromatic rings. The lowest BCUT2D eigenvalue weighted by Gasteiger charge is -2.36. The quantitative estimate of drug-likeness (QED) is 0.870. The smallest absolute Gasteiger partial charge is 0.217 e. The van der Waals surface area contributed by atoms with Crippen LogP contribution in [0.3, 0.4) is 0 Å². The lowest BCUT2D eigenvalue weighted by atomic mass is 9.80. The summed E-state index contributed by atoms with van der Waals surface area (Å²) in [7, 11) is 0. The minimum absolute atomic E-state index is 0.0496. The van der Waals surface area contributed by atoms with Crippen molar-refractivity contribution in [3.8, 4) is 0 Å². The summed E-state index contributed by atoms with van der Waals surface area (Å²) in [4.78, 5) is 11.5. The Balaban J connectivity index is 1.77. The molecule has 4 rings (SSSR count). The Morgan fingerprint density at radius 2 is 1.63 bits per heavy atom. The third-order valence-electron chi connectivity index (χ3n) is 5.64. The molecule has 0 radical (unpaired) electrons. The number of rotatable bonds is 2. The van der Waals surface area contributed by atoms with Crippen molar-refractivity contribution in [2.24, 2.45) is 0 Å². The van der Waals surface area contributed by atoms with E-state index in [1.165, 1.54) is 19.1 Å². The van der Waals surface area contributed by atoms with E-state index in [9.17, 15) is 13.6 Å². The lowest BCUT2D eigenvalue weighted by Crippen LogP contribution is -2.43. The van der Waals surface area contributed by atoms with Crippen LogP contribution in [-0.4, -0.2) is 24.7 Å². The topological polar surface area (TPSA) is 38.3 Å². The van der Waals surface area contributed by atoms with Gasteiger partial charge in [0.2, 0.25) is 5.91 Å². The van der Waals surface area contributed by atoms with Crippen LogP contribution in [0.25, 0.3) is 0 Å². The number of carbonyl (C=O) groups is 1. The molecule has 1 amide bonds. The minimum Gasteiger partial charge on any atom is -0.377 e. The Morgan fingerprint density at radius 1 is 1.04 bits per heavy atom. The first-order valence-electron chi connectivity index (χ1n) is 9.46. The van der Waals surface area contributed by atoms with Crippen LogP contribution >= 0.6 is 0 Å². The Morgan fingerprint density at radius 3 is 2.19 bits per heavy atom. The zero-order chi connectivity index (χ0) is 19.0. The first kappa shape index (κ1) is 18.1. The number of halogens is 2. The maximum Gasteiger partial charge on any atom is 0.217 e.